The van der Waals surface area contributed by atoms with Crippen LogP contribution in [0.4, 0.5) is 5.69 Å². The predicted molar refractivity (Wildman–Crippen MR) is 115 cm³/mol. The zero-order valence-electron chi connectivity index (χ0n) is 16.5. The van der Waals surface area contributed by atoms with Gasteiger partial charge in [0.25, 0.3) is 5.91 Å². The Morgan fingerprint density at radius 2 is 2.14 bits per heavy atom. The zero-order valence-corrected chi connectivity index (χ0v) is 17.3. The molecular formula is C21H28N4O2S. The molecule has 6 nitrogen and oxygen atoms in total. The maximum Gasteiger partial charge on any atom is 0.265 e. The molecular weight excluding hydrogens is 372 g/mol. The Labute approximate surface area is 170 Å². The molecule has 2 aromatic rings. The van der Waals surface area contributed by atoms with Crippen molar-refractivity contribution in [2.24, 2.45) is 10.9 Å². The first-order chi connectivity index (χ1) is 13.7. The number of hydrogen-bond donors (Lipinski definition) is 2. The van der Waals surface area contributed by atoms with Gasteiger partial charge < -0.3 is 20.3 Å². The Morgan fingerprint density at radius 3 is 2.93 bits per heavy atom. The largest absolute Gasteiger partial charge is 0.482 e. The monoisotopic (exact) mass is 400 g/mol. The lowest BCUT2D eigenvalue weighted by molar-refractivity contribution is -0.121. The fourth-order valence-corrected chi connectivity index (χ4v) is 4.05. The van der Waals surface area contributed by atoms with Crippen molar-refractivity contribution >= 4 is 28.9 Å². The Hall–Kier alpha value is -2.54. The molecule has 0 spiro atoms. The van der Waals surface area contributed by atoms with Crippen LogP contribution in [0.25, 0.3) is 0 Å². The zero-order chi connectivity index (χ0) is 19.8. The number of ether oxygens (including phenoxy) is 1. The number of nitrogens with one attached hydrogen (secondary N) is 2. The van der Waals surface area contributed by atoms with Gasteiger partial charge in [-0.2, -0.15) is 0 Å². The summed E-state index contributed by atoms with van der Waals surface area (Å²) >= 11 is 1.80. The summed E-state index contributed by atoms with van der Waals surface area (Å²) in [5, 5.41) is 8.84. The number of rotatable bonds is 8. The fraction of sp³-hybridized carbons (Fsp3) is 0.429. The molecule has 28 heavy (non-hydrogen) atoms. The number of aliphatic imine (C=N–C) groups is 1. The second-order valence-corrected chi connectivity index (χ2v) is 7.96. The van der Waals surface area contributed by atoms with Crippen LogP contribution < -0.4 is 20.3 Å². The maximum absolute atomic E-state index is 12.2. The molecule has 1 atom stereocenters. The summed E-state index contributed by atoms with van der Waals surface area (Å²) in [5.74, 6) is 2.10. The van der Waals surface area contributed by atoms with Gasteiger partial charge in [0, 0.05) is 31.6 Å². The van der Waals surface area contributed by atoms with Crippen molar-refractivity contribution in [1.29, 1.82) is 0 Å². The number of benzene rings is 1. The molecule has 1 aliphatic rings. The number of carbonyl (C=O) groups is 1. The van der Waals surface area contributed by atoms with Crippen LogP contribution in [0, 0.1) is 5.92 Å². The third-order valence-corrected chi connectivity index (χ3v) is 5.53. The number of hydrogen-bond acceptors (Lipinski definition) is 4. The quantitative estimate of drug-likeness (QED) is 0.406. The highest BCUT2D eigenvalue weighted by Gasteiger charge is 2.24. The average Bonchev–Trinajstić information content (AvgIpc) is 3.21. The molecule has 0 saturated carbocycles. The highest BCUT2D eigenvalue weighted by atomic mass is 32.1. The smallest absolute Gasteiger partial charge is 0.265 e. The van der Waals surface area contributed by atoms with E-state index in [0.717, 1.165) is 43.3 Å². The molecule has 0 aliphatic carbocycles. The summed E-state index contributed by atoms with van der Waals surface area (Å²) in [6.45, 7) is 4.61. The number of fused-ring (bicyclic) bond motifs is 1. The fourth-order valence-electron chi connectivity index (χ4n) is 3.18. The normalized spacial score (nSPS) is 15.0. The SMILES string of the molecule is CN=C(NCCCN1C(=O)COc2ccccc21)NCC(C)Cc1cccs1. The van der Waals surface area contributed by atoms with Crippen molar-refractivity contribution in [3.05, 3.63) is 46.7 Å². The second-order valence-electron chi connectivity index (χ2n) is 6.92. The van der Waals surface area contributed by atoms with E-state index in [4.69, 9.17) is 4.74 Å². The first-order valence-corrected chi connectivity index (χ1v) is 10.5. The van der Waals surface area contributed by atoms with Crippen LogP contribution in [0.5, 0.6) is 5.75 Å². The van der Waals surface area contributed by atoms with Crippen molar-refractivity contribution in [2.45, 2.75) is 19.8 Å². The maximum atomic E-state index is 12.2. The van der Waals surface area contributed by atoms with E-state index in [2.05, 4.69) is 40.1 Å². The molecule has 7 heteroatoms. The van der Waals surface area contributed by atoms with E-state index < -0.39 is 0 Å². The van der Waals surface area contributed by atoms with Gasteiger partial charge in [-0.25, -0.2) is 0 Å². The topological polar surface area (TPSA) is 66.0 Å². The van der Waals surface area contributed by atoms with E-state index in [0.29, 0.717) is 12.5 Å². The molecule has 2 heterocycles. The number of nitrogens with zero attached hydrogens (tertiary/aromatic N) is 2. The summed E-state index contributed by atoms with van der Waals surface area (Å²) in [6.07, 6.45) is 1.89. The van der Waals surface area contributed by atoms with Crippen molar-refractivity contribution in [2.75, 3.05) is 38.2 Å². The summed E-state index contributed by atoms with van der Waals surface area (Å²) in [4.78, 5) is 19.7. The van der Waals surface area contributed by atoms with Crippen molar-refractivity contribution in [3.63, 3.8) is 0 Å². The molecule has 1 aromatic heterocycles. The van der Waals surface area contributed by atoms with Crippen molar-refractivity contribution < 1.29 is 9.53 Å². The summed E-state index contributed by atoms with van der Waals surface area (Å²) in [5.41, 5.74) is 0.851. The molecule has 3 rings (SSSR count). The van der Waals surface area contributed by atoms with Crippen LogP contribution in [0.2, 0.25) is 0 Å². The third-order valence-electron chi connectivity index (χ3n) is 4.63. The average molecular weight is 401 g/mol. The molecule has 1 aliphatic heterocycles. The predicted octanol–water partition coefficient (Wildman–Crippen LogP) is 2.91. The van der Waals surface area contributed by atoms with E-state index in [1.165, 1.54) is 4.88 Å². The first kappa shape index (κ1) is 20.2. The van der Waals surface area contributed by atoms with Crippen LogP contribution in [0.3, 0.4) is 0 Å². The Balaban J connectivity index is 1.39. The van der Waals surface area contributed by atoms with Crippen molar-refractivity contribution in [1.82, 2.24) is 10.6 Å². The van der Waals surface area contributed by atoms with Crippen LogP contribution in [-0.4, -0.2) is 45.2 Å². The molecule has 1 unspecified atom stereocenters. The number of thiophene rings is 1. The van der Waals surface area contributed by atoms with E-state index >= 15 is 0 Å². The molecule has 150 valence electrons. The number of guanidine groups is 1. The third kappa shape index (κ3) is 5.48. The van der Waals surface area contributed by atoms with E-state index in [-0.39, 0.29) is 12.5 Å². The van der Waals surface area contributed by atoms with Gasteiger partial charge in [-0.05, 0) is 42.3 Å². The van der Waals surface area contributed by atoms with Gasteiger partial charge in [0.05, 0.1) is 5.69 Å². The first-order valence-electron chi connectivity index (χ1n) is 9.66. The molecule has 1 amide bonds. The number of anilines is 1. The van der Waals surface area contributed by atoms with Gasteiger partial charge in [-0.15, -0.1) is 11.3 Å². The van der Waals surface area contributed by atoms with E-state index in [1.54, 1.807) is 23.3 Å². The Morgan fingerprint density at radius 1 is 1.29 bits per heavy atom. The standard InChI is InChI=1S/C21H28N4O2S/c1-16(13-17-7-5-12-28-17)14-24-21(22-2)23-10-6-11-25-18-8-3-4-9-19(18)27-15-20(25)26/h3-5,7-9,12,16H,6,10-11,13-15H2,1-2H3,(H2,22,23,24). The van der Waals surface area contributed by atoms with Crippen LogP contribution >= 0.6 is 11.3 Å². The Kier molecular flexibility index (Phi) is 7.31. The minimum atomic E-state index is 0.00334. The van der Waals surface area contributed by atoms with Gasteiger partial charge in [0.1, 0.15) is 5.75 Å². The second kappa shape index (κ2) is 10.1. The van der Waals surface area contributed by atoms with Gasteiger partial charge >= 0.3 is 0 Å². The summed E-state index contributed by atoms with van der Waals surface area (Å²) in [7, 11) is 1.78. The molecule has 2 N–H and O–H groups in total. The van der Waals surface area contributed by atoms with Gasteiger partial charge in [-0.1, -0.05) is 25.1 Å². The number of para-hydroxylation sites is 2. The number of amides is 1. The van der Waals surface area contributed by atoms with Crippen LogP contribution in [0.15, 0.2) is 46.8 Å². The molecule has 0 saturated heterocycles. The van der Waals surface area contributed by atoms with E-state index in [9.17, 15) is 4.79 Å². The van der Waals surface area contributed by atoms with Crippen molar-refractivity contribution in [3.8, 4) is 5.75 Å². The summed E-state index contributed by atoms with van der Waals surface area (Å²) in [6, 6.07) is 11.9. The lowest BCUT2D eigenvalue weighted by Gasteiger charge is -2.29. The van der Waals surface area contributed by atoms with Gasteiger partial charge in [0.15, 0.2) is 12.6 Å². The van der Waals surface area contributed by atoms with Crippen LogP contribution in [0.1, 0.15) is 18.2 Å². The minimum Gasteiger partial charge on any atom is -0.482 e. The van der Waals surface area contributed by atoms with E-state index in [1.807, 2.05) is 24.3 Å². The molecule has 0 fully saturated rings. The summed E-state index contributed by atoms with van der Waals surface area (Å²) < 4.78 is 5.48. The minimum absolute atomic E-state index is 0.00334. The Bertz CT molecular complexity index is 791. The lowest BCUT2D eigenvalue weighted by atomic mass is 10.1. The molecule has 1 aromatic carbocycles. The molecule has 0 bridgehead atoms. The van der Waals surface area contributed by atoms with Gasteiger partial charge in [-0.3, -0.25) is 9.79 Å². The molecule has 0 radical (unpaired) electrons. The number of carbonyl (C=O) groups excluding carboxylic acids is 1. The van der Waals surface area contributed by atoms with Gasteiger partial charge in [0.2, 0.25) is 0 Å². The lowest BCUT2D eigenvalue weighted by Crippen LogP contribution is -2.42. The van der Waals surface area contributed by atoms with Crippen LogP contribution in [-0.2, 0) is 11.2 Å². The highest BCUT2D eigenvalue weighted by molar-refractivity contribution is 7.09. The highest BCUT2D eigenvalue weighted by Crippen LogP contribution is 2.31.